The van der Waals surface area contributed by atoms with Gasteiger partial charge >= 0.3 is 7.82 Å². The Balaban J connectivity index is 1.60. The number of halogens is 1. The Morgan fingerprint density at radius 3 is 2.87 bits per heavy atom. The number of nitrogen functional groups attached to an aromatic ring is 1. The van der Waals surface area contributed by atoms with Crippen LogP contribution in [0, 0.1) is 0 Å². The van der Waals surface area contributed by atoms with Crippen molar-refractivity contribution in [3.05, 3.63) is 35.6 Å². The van der Waals surface area contributed by atoms with Gasteiger partial charge in [0.1, 0.15) is 24.6 Å². The van der Waals surface area contributed by atoms with Gasteiger partial charge in [-0.1, -0.05) is 23.4 Å². The van der Waals surface area contributed by atoms with Crippen LogP contribution in [0.1, 0.15) is 6.23 Å². The zero-order chi connectivity index (χ0) is 21.8. The van der Waals surface area contributed by atoms with E-state index in [9.17, 15) is 9.46 Å². The van der Waals surface area contributed by atoms with Gasteiger partial charge in [0.2, 0.25) is 0 Å². The SMILES string of the molecule is CO[C@H]1C2OP(=O)(O)OC[C@H]2O[C@H]1n1c(Sc2ccc(Cl)cc2)nc2c(N)ncnc21. The Bertz CT molecular complexity index is 1180. The molecule has 2 aromatic heterocycles. The lowest BCUT2D eigenvalue weighted by Gasteiger charge is -2.29. The highest BCUT2D eigenvalue weighted by Gasteiger charge is 2.54. The van der Waals surface area contributed by atoms with E-state index < -0.39 is 32.4 Å². The van der Waals surface area contributed by atoms with E-state index in [1.165, 1.54) is 25.2 Å². The Labute approximate surface area is 185 Å². The summed E-state index contributed by atoms with van der Waals surface area (Å²) < 4.78 is 35.6. The van der Waals surface area contributed by atoms with Crippen LogP contribution in [0.5, 0.6) is 0 Å². The number of nitrogens with zero attached hydrogens (tertiary/aromatic N) is 4. The van der Waals surface area contributed by atoms with Crippen molar-refractivity contribution in [2.45, 2.75) is 34.6 Å². The van der Waals surface area contributed by atoms with Gasteiger partial charge in [-0.15, -0.1) is 0 Å². The first-order valence-electron chi connectivity index (χ1n) is 9.12. The van der Waals surface area contributed by atoms with Crippen molar-refractivity contribution in [2.24, 2.45) is 0 Å². The molecular formula is C17H17ClN5O6PS. The molecule has 0 radical (unpaired) electrons. The summed E-state index contributed by atoms with van der Waals surface area (Å²) in [5.41, 5.74) is 6.86. The quantitative estimate of drug-likeness (QED) is 0.526. The smallest absolute Gasteiger partial charge is 0.382 e. The number of rotatable bonds is 4. The molecule has 14 heteroatoms. The van der Waals surface area contributed by atoms with Crippen molar-refractivity contribution in [3.63, 3.8) is 0 Å². The average Bonchev–Trinajstić information content (AvgIpc) is 3.26. The van der Waals surface area contributed by atoms with Gasteiger partial charge in [-0.05, 0) is 24.3 Å². The number of methoxy groups -OCH3 is 1. The Morgan fingerprint density at radius 1 is 1.35 bits per heavy atom. The molecule has 2 aliphatic rings. The van der Waals surface area contributed by atoms with E-state index in [2.05, 4.69) is 15.0 Å². The minimum atomic E-state index is -4.19. The van der Waals surface area contributed by atoms with Crippen molar-refractivity contribution >= 4 is 48.2 Å². The minimum absolute atomic E-state index is 0.113. The number of ether oxygens (including phenoxy) is 2. The number of phosphoric ester groups is 1. The van der Waals surface area contributed by atoms with Crippen LogP contribution < -0.4 is 5.73 Å². The maximum Gasteiger partial charge on any atom is 0.472 e. The second kappa shape index (κ2) is 7.98. The maximum atomic E-state index is 12.0. The molecule has 0 saturated carbocycles. The molecule has 2 unspecified atom stereocenters. The lowest BCUT2D eigenvalue weighted by atomic mass is 10.1. The fraction of sp³-hybridized carbons (Fsp3) is 0.353. The third-order valence-corrected chi connectivity index (χ3v) is 7.18. The molecule has 0 amide bonds. The number of hydrogen-bond donors (Lipinski definition) is 2. The van der Waals surface area contributed by atoms with E-state index in [0.29, 0.717) is 21.3 Å². The van der Waals surface area contributed by atoms with E-state index >= 15 is 0 Å². The summed E-state index contributed by atoms with van der Waals surface area (Å²) in [6.45, 7) is -0.113. The Hall–Kier alpha value is -1.76. The van der Waals surface area contributed by atoms with Crippen LogP contribution in [0.15, 0.2) is 40.6 Å². The average molecular weight is 486 g/mol. The van der Waals surface area contributed by atoms with Crippen LogP contribution >= 0.6 is 31.2 Å². The fourth-order valence-corrected chi connectivity index (χ4v) is 5.59. The number of benzene rings is 1. The standard InChI is InChI=1S/C17H17ClN5O6PS/c1-26-13-12-10(6-27-30(24,25)29-12)28-16(13)23-15-11(14(19)20-7-21-15)22-17(23)31-9-4-2-8(18)3-5-9/h2-5,7,10,12-13,16H,6H2,1H3,(H,24,25)(H2,19,20,21)/t10-,12?,13+,16-/m1/s1. The number of aromatic nitrogens is 4. The summed E-state index contributed by atoms with van der Waals surface area (Å²) in [6.07, 6.45) is -1.60. The molecule has 5 atom stereocenters. The summed E-state index contributed by atoms with van der Waals surface area (Å²) in [6, 6.07) is 7.25. The van der Waals surface area contributed by atoms with Crippen molar-refractivity contribution < 1.29 is 28.0 Å². The first kappa shape index (κ1) is 21.1. The zero-order valence-electron chi connectivity index (χ0n) is 16.0. The van der Waals surface area contributed by atoms with Gasteiger partial charge in [0.25, 0.3) is 0 Å². The van der Waals surface area contributed by atoms with Gasteiger partial charge in [-0.2, -0.15) is 0 Å². The highest BCUT2D eigenvalue weighted by atomic mass is 35.5. The molecule has 2 fully saturated rings. The second-order valence-corrected chi connectivity index (χ2v) is 9.73. The molecule has 5 rings (SSSR count). The van der Waals surface area contributed by atoms with Crippen molar-refractivity contribution in [1.29, 1.82) is 0 Å². The topological polar surface area (TPSA) is 144 Å². The highest BCUT2D eigenvalue weighted by molar-refractivity contribution is 7.99. The molecule has 0 aliphatic carbocycles. The number of nitrogens with two attached hydrogens (primary N) is 1. The van der Waals surface area contributed by atoms with E-state index in [-0.39, 0.29) is 12.4 Å². The normalized spacial score (nSPS) is 30.5. The molecule has 31 heavy (non-hydrogen) atoms. The van der Waals surface area contributed by atoms with Crippen LogP contribution in [0.3, 0.4) is 0 Å². The number of fused-ring (bicyclic) bond motifs is 2. The zero-order valence-corrected chi connectivity index (χ0v) is 18.5. The van der Waals surface area contributed by atoms with Crippen LogP contribution in [0.25, 0.3) is 11.2 Å². The highest BCUT2D eigenvalue weighted by Crippen LogP contribution is 2.53. The van der Waals surface area contributed by atoms with Crippen molar-refractivity contribution in [2.75, 3.05) is 19.5 Å². The van der Waals surface area contributed by atoms with Gasteiger partial charge in [0.05, 0.1) is 6.61 Å². The molecule has 11 nitrogen and oxygen atoms in total. The Morgan fingerprint density at radius 2 is 2.13 bits per heavy atom. The molecule has 2 saturated heterocycles. The van der Waals surface area contributed by atoms with Crippen LogP contribution in [0.2, 0.25) is 5.02 Å². The molecular weight excluding hydrogens is 469 g/mol. The van der Waals surface area contributed by atoms with Gasteiger partial charge in [0, 0.05) is 17.0 Å². The molecule has 0 bridgehead atoms. The molecule has 1 aromatic carbocycles. The monoisotopic (exact) mass is 485 g/mol. The van der Waals surface area contributed by atoms with Gasteiger partial charge < -0.3 is 20.1 Å². The second-order valence-electron chi connectivity index (χ2n) is 6.85. The van der Waals surface area contributed by atoms with Crippen LogP contribution in [-0.2, 0) is 23.1 Å². The summed E-state index contributed by atoms with van der Waals surface area (Å²) in [7, 11) is -2.71. The van der Waals surface area contributed by atoms with E-state index in [1.54, 1.807) is 16.7 Å². The molecule has 3 N–H and O–H groups in total. The number of phosphoric acid groups is 1. The van der Waals surface area contributed by atoms with Gasteiger partial charge in [-0.3, -0.25) is 13.6 Å². The molecule has 3 aromatic rings. The largest absolute Gasteiger partial charge is 0.472 e. The summed E-state index contributed by atoms with van der Waals surface area (Å²) in [4.78, 5) is 23.6. The first-order valence-corrected chi connectivity index (χ1v) is 11.8. The van der Waals surface area contributed by atoms with Crippen LogP contribution in [-0.4, -0.2) is 56.4 Å². The van der Waals surface area contributed by atoms with Gasteiger partial charge in [0.15, 0.2) is 28.4 Å². The summed E-state index contributed by atoms with van der Waals surface area (Å²) >= 11 is 7.34. The molecule has 2 aliphatic heterocycles. The number of hydrogen-bond acceptors (Lipinski definition) is 10. The third kappa shape index (κ3) is 3.83. The number of imidazole rings is 1. The summed E-state index contributed by atoms with van der Waals surface area (Å²) in [5.74, 6) is 0.213. The molecule has 0 spiro atoms. The predicted octanol–water partition coefficient (Wildman–Crippen LogP) is 2.64. The molecule has 164 valence electrons. The van der Waals surface area contributed by atoms with Crippen LogP contribution in [0.4, 0.5) is 5.82 Å². The van der Waals surface area contributed by atoms with E-state index in [4.69, 9.17) is 35.9 Å². The predicted molar refractivity (Wildman–Crippen MR) is 111 cm³/mol. The van der Waals surface area contributed by atoms with E-state index in [1.807, 2.05) is 12.1 Å². The lowest BCUT2D eigenvalue weighted by molar-refractivity contribution is -0.0690. The van der Waals surface area contributed by atoms with Crippen molar-refractivity contribution in [1.82, 2.24) is 19.5 Å². The van der Waals surface area contributed by atoms with Gasteiger partial charge in [-0.25, -0.2) is 19.5 Å². The lowest BCUT2D eigenvalue weighted by Crippen LogP contribution is -2.40. The fourth-order valence-electron chi connectivity index (χ4n) is 3.60. The maximum absolute atomic E-state index is 12.0. The third-order valence-electron chi connectivity index (χ3n) is 4.96. The first-order chi connectivity index (χ1) is 14.9. The van der Waals surface area contributed by atoms with Crippen molar-refractivity contribution in [3.8, 4) is 0 Å². The summed E-state index contributed by atoms with van der Waals surface area (Å²) in [5, 5.41) is 1.13. The molecule has 4 heterocycles. The van der Waals surface area contributed by atoms with E-state index in [0.717, 1.165) is 4.90 Å². The minimum Gasteiger partial charge on any atom is -0.382 e. The Kier molecular flexibility index (Phi) is 5.43. The number of anilines is 1.